The predicted molar refractivity (Wildman–Crippen MR) is 143 cm³/mol. The van der Waals surface area contributed by atoms with Crippen molar-refractivity contribution in [3.8, 4) is 5.75 Å². The first kappa shape index (κ1) is 25.1. The SMILES string of the molecule is O=c1oc2c(c(O)c1C(c1cccc(NS(=O)(=O)c3ccc(CBr)cc3)c1)C1CC1)CCCCCC2. The number of fused-ring (bicyclic) bond motifs is 1. The van der Waals surface area contributed by atoms with Crippen molar-refractivity contribution in [2.24, 2.45) is 5.92 Å². The molecule has 0 radical (unpaired) electrons. The summed E-state index contributed by atoms with van der Waals surface area (Å²) in [6.45, 7) is 0. The summed E-state index contributed by atoms with van der Waals surface area (Å²) < 4.78 is 34.5. The van der Waals surface area contributed by atoms with E-state index in [1.54, 1.807) is 42.5 Å². The van der Waals surface area contributed by atoms with Crippen molar-refractivity contribution < 1.29 is 17.9 Å². The van der Waals surface area contributed by atoms with Crippen LogP contribution in [0.25, 0.3) is 0 Å². The monoisotopic (exact) mass is 571 g/mol. The number of halogens is 1. The van der Waals surface area contributed by atoms with Gasteiger partial charge in [-0.2, -0.15) is 0 Å². The van der Waals surface area contributed by atoms with E-state index >= 15 is 0 Å². The summed E-state index contributed by atoms with van der Waals surface area (Å²) >= 11 is 3.37. The summed E-state index contributed by atoms with van der Waals surface area (Å²) in [6.07, 6.45) is 7.34. The number of hydrogen-bond donors (Lipinski definition) is 2. The summed E-state index contributed by atoms with van der Waals surface area (Å²) in [4.78, 5) is 13.3. The Morgan fingerprint density at radius 3 is 2.44 bits per heavy atom. The highest BCUT2D eigenvalue weighted by molar-refractivity contribution is 9.08. The molecule has 0 bridgehead atoms. The Labute approximate surface area is 219 Å². The number of alkyl halides is 1. The second kappa shape index (κ2) is 10.4. The van der Waals surface area contributed by atoms with E-state index in [0.717, 1.165) is 55.2 Å². The van der Waals surface area contributed by atoms with E-state index in [0.29, 0.717) is 35.2 Å². The largest absolute Gasteiger partial charge is 0.507 e. The molecule has 1 atom stereocenters. The molecule has 2 aliphatic rings. The van der Waals surface area contributed by atoms with Crippen molar-refractivity contribution in [3.05, 3.63) is 87.0 Å². The molecular formula is C28H30BrNO5S. The number of benzene rings is 2. The van der Waals surface area contributed by atoms with Gasteiger partial charge in [0.15, 0.2) is 0 Å². The van der Waals surface area contributed by atoms with Crippen molar-refractivity contribution in [3.63, 3.8) is 0 Å². The molecule has 8 heteroatoms. The fraction of sp³-hybridized carbons (Fsp3) is 0.393. The van der Waals surface area contributed by atoms with Crippen LogP contribution in [0.1, 0.15) is 72.5 Å². The van der Waals surface area contributed by atoms with Crippen LogP contribution in [0.5, 0.6) is 5.75 Å². The van der Waals surface area contributed by atoms with E-state index in [1.807, 2.05) is 6.07 Å². The van der Waals surface area contributed by atoms with Crippen LogP contribution in [0.3, 0.4) is 0 Å². The van der Waals surface area contributed by atoms with Crippen LogP contribution in [0.2, 0.25) is 0 Å². The first-order valence-electron chi connectivity index (χ1n) is 12.5. The molecule has 2 N–H and O–H groups in total. The third kappa shape index (κ3) is 5.25. The minimum atomic E-state index is -3.78. The lowest BCUT2D eigenvalue weighted by molar-refractivity contribution is 0.382. The van der Waals surface area contributed by atoms with Gasteiger partial charge in [-0.3, -0.25) is 4.72 Å². The number of aromatic hydroxyl groups is 1. The van der Waals surface area contributed by atoms with Gasteiger partial charge in [0.2, 0.25) is 0 Å². The summed E-state index contributed by atoms with van der Waals surface area (Å²) in [6, 6.07) is 13.8. The summed E-state index contributed by atoms with van der Waals surface area (Å²) in [7, 11) is -3.78. The van der Waals surface area contributed by atoms with Crippen LogP contribution < -0.4 is 10.3 Å². The molecule has 190 valence electrons. The average Bonchev–Trinajstić information content (AvgIpc) is 3.68. The predicted octanol–water partition coefficient (Wildman–Crippen LogP) is 6.24. The van der Waals surface area contributed by atoms with Gasteiger partial charge in [0.05, 0.1) is 10.5 Å². The molecule has 0 spiro atoms. The van der Waals surface area contributed by atoms with E-state index in [9.17, 15) is 18.3 Å². The lowest BCUT2D eigenvalue weighted by Gasteiger charge is -2.22. The van der Waals surface area contributed by atoms with Gasteiger partial charge >= 0.3 is 5.63 Å². The van der Waals surface area contributed by atoms with Crippen molar-refractivity contribution in [2.75, 3.05) is 4.72 Å². The third-order valence-corrected chi connectivity index (χ3v) is 9.23. The van der Waals surface area contributed by atoms with Crippen molar-refractivity contribution >= 4 is 31.6 Å². The van der Waals surface area contributed by atoms with Crippen molar-refractivity contribution in [1.82, 2.24) is 0 Å². The number of hydrogen-bond acceptors (Lipinski definition) is 5. The number of aryl methyl sites for hydroxylation is 1. The maximum absolute atomic E-state index is 13.2. The molecule has 0 amide bonds. The molecule has 5 rings (SSSR count). The second-order valence-corrected chi connectivity index (χ2v) is 12.0. The molecule has 1 unspecified atom stereocenters. The molecule has 1 saturated carbocycles. The van der Waals surface area contributed by atoms with Crippen molar-refractivity contribution in [1.29, 1.82) is 0 Å². The number of nitrogens with one attached hydrogen (secondary N) is 1. The first-order chi connectivity index (χ1) is 17.4. The fourth-order valence-electron chi connectivity index (χ4n) is 5.17. The van der Waals surface area contributed by atoms with Gasteiger partial charge < -0.3 is 9.52 Å². The topological polar surface area (TPSA) is 96.6 Å². The van der Waals surface area contributed by atoms with Crippen LogP contribution in [-0.2, 0) is 28.2 Å². The lowest BCUT2D eigenvalue weighted by atomic mass is 9.85. The molecule has 6 nitrogen and oxygen atoms in total. The fourth-order valence-corrected chi connectivity index (χ4v) is 6.59. The number of anilines is 1. The normalized spacial score (nSPS) is 17.0. The van der Waals surface area contributed by atoms with Crippen molar-refractivity contribution in [2.45, 2.75) is 67.5 Å². The van der Waals surface area contributed by atoms with Crippen LogP contribution in [-0.4, -0.2) is 13.5 Å². The Morgan fingerprint density at radius 2 is 1.75 bits per heavy atom. The van der Waals surface area contributed by atoms with Gasteiger partial charge in [0.1, 0.15) is 11.5 Å². The Kier molecular flexibility index (Phi) is 7.26. The highest BCUT2D eigenvalue weighted by atomic mass is 79.9. The van der Waals surface area contributed by atoms with Gasteiger partial charge in [-0.05, 0) is 73.4 Å². The summed E-state index contributed by atoms with van der Waals surface area (Å²) in [5, 5.41) is 12.0. The Bertz CT molecular complexity index is 1410. The maximum Gasteiger partial charge on any atom is 0.343 e. The Morgan fingerprint density at radius 1 is 1.03 bits per heavy atom. The smallest absolute Gasteiger partial charge is 0.343 e. The highest BCUT2D eigenvalue weighted by Gasteiger charge is 2.38. The van der Waals surface area contributed by atoms with Crippen LogP contribution in [0, 0.1) is 5.92 Å². The van der Waals surface area contributed by atoms with Crippen LogP contribution in [0.15, 0.2) is 62.6 Å². The molecule has 1 aromatic heterocycles. The number of sulfonamides is 1. The minimum Gasteiger partial charge on any atom is -0.507 e. The average molecular weight is 573 g/mol. The molecule has 2 aromatic carbocycles. The van der Waals surface area contributed by atoms with Gasteiger partial charge in [0.25, 0.3) is 10.0 Å². The van der Waals surface area contributed by atoms with Gasteiger partial charge in [-0.1, -0.05) is 53.0 Å². The molecule has 0 aliphatic heterocycles. The van der Waals surface area contributed by atoms with Gasteiger partial charge in [-0.15, -0.1) is 0 Å². The molecule has 3 aromatic rings. The zero-order chi connectivity index (χ0) is 25.3. The number of rotatable bonds is 7. The van der Waals surface area contributed by atoms with E-state index in [-0.39, 0.29) is 22.5 Å². The third-order valence-electron chi connectivity index (χ3n) is 7.18. The Balaban J connectivity index is 1.50. The molecule has 1 heterocycles. The lowest BCUT2D eigenvalue weighted by Crippen LogP contribution is -2.19. The van der Waals surface area contributed by atoms with E-state index in [4.69, 9.17) is 4.42 Å². The van der Waals surface area contributed by atoms with E-state index in [1.165, 1.54) is 0 Å². The second-order valence-electron chi connectivity index (χ2n) is 9.79. The molecule has 36 heavy (non-hydrogen) atoms. The molecule has 2 aliphatic carbocycles. The van der Waals surface area contributed by atoms with Crippen LogP contribution in [0.4, 0.5) is 5.69 Å². The molecule has 1 fully saturated rings. The van der Waals surface area contributed by atoms with E-state index in [2.05, 4.69) is 20.7 Å². The Hall–Kier alpha value is -2.58. The quantitative estimate of drug-likeness (QED) is 0.327. The van der Waals surface area contributed by atoms with E-state index < -0.39 is 15.6 Å². The first-order valence-corrected chi connectivity index (χ1v) is 15.1. The minimum absolute atomic E-state index is 0.0675. The molecular weight excluding hydrogens is 542 g/mol. The zero-order valence-electron chi connectivity index (χ0n) is 20.0. The molecule has 0 saturated heterocycles. The van der Waals surface area contributed by atoms with Crippen LogP contribution >= 0.6 is 15.9 Å². The standard InChI is InChI=1S/C28H30BrNO5S/c29-17-18-10-14-22(15-11-18)36(33,34)30-21-7-5-6-20(16-21)25(19-12-13-19)26-27(31)23-8-3-1-2-4-9-24(23)35-28(26)32/h5-7,10-11,14-16,19,25,30-31H,1-4,8-9,12-13,17H2. The summed E-state index contributed by atoms with van der Waals surface area (Å²) in [5.74, 6) is 0.537. The summed E-state index contributed by atoms with van der Waals surface area (Å²) in [5.41, 5.74) is 2.78. The zero-order valence-corrected chi connectivity index (χ0v) is 22.4. The van der Waals surface area contributed by atoms with Gasteiger partial charge in [0, 0.05) is 28.9 Å². The maximum atomic E-state index is 13.2. The highest BCUT2D eigenvalue weighted by Crippen LogP contribution is 2.49. The van der Waals surface area contributed by atoms with Gasteiger partial charge in [-0.25, -0.2) is 13.2 Å².